The number of hydrogen-bond acceptors (Lipinski definition) is 2. The lowest BCUT2D eigenvalue weighted by Crippen LogP contribution is -2.38. The van der Waals surface area contributed by atoms with E-state index in [1.807, 2.05) is 6.07 Å². The molecule has 1 atom stereocenters. The molecule has 0 saturated carbocycles. The Kier molecular flexibility index (Phi) is 3.00. The molecule has 2 aromatic rings. The van der Waals surface area contributed by atoms with Crippen LogP contribution in [0.15, 0.2) is 36.4 Å². The van der Waals surface area contributed by atoms with Gasteiger partial charge in [-0.3, -0.25) is 4.90 Å². The van der Waals surface area contributed by atoms with Gasteiger partial charge in [-0.1, -0.05) is 31.2 Å². The summed E-state index contributed by atoms with van der Waals surface area (Å²) in [5.41, 5.74) is 14.2. The fraction of sp³-hybridized carbons (Fsp3) is 0.368. The van der Waals surface area contributed by atoms with Gasteiger partial charge in [-0.05, 0) is 65.8 Å². The highest BCUT2D eigenvalue weighted by molar-refractivity contribution is 5.77. The SMILES string of the molecule is CCCN1CCc2cccc3c2C1Cc1ccc(N)cc1-3. The number of nitrogen functional groups attached to an aromatic ring is 1. The molecule has 1 heterocycles. The first-order valence-electron chi connectivity index (χ1n) is 8.02. The zero-order valence-electron chi connectivity index (χ0n) is 12.6. The maximum atomic E-state index is 6.02. The van der Waals surface area contributed by atoms with E-state index in [9.17, 15) is 0 Å². The maximum Gasteiger partial charge on any atom is 0.0397 e. The van der Waals surface area contributed by atoms with E-state index in [2.05, 4.69) is 42.2 Å². The number of fused-ring (bicyclic) bond motifs is 2. The van der Waals surface area contributed by atoms with Crippen LogP contribution in [0.25, 0.3) is 11.1 Å². The van der Waals surface area contributed by atoms with Crippen LogP contribution >= 0.6 is 0 Å². The average molecular weight is 278 g/mol. The Morgan fingerprint density at radius 2 is 2.05 bits per heavy atom. The van der Waals surface area contributed by atoms with Gasteiger partial charge < -0.3 is 5.73 Å². The predicted molar refractivity (Wildman–Crippen MR) is 88.3 cm³/mol. The van der Waals surface area contributed by atoms with Crippen LogP contribution in [-0.4, -0.2) is 18.0 Å². The molecule has 1 unspecified atom stereocenters. The molecule has 0 fully saturated rings. The third-order valence-corrected chi connectivity index (χ3v) is 4.99. The highest BCUT2D eigenvalue weighted by atomic mass is 15.2. The molecule has 21 heavy (non-hydrogen) atoms. The molecule has 0 amide bonds. The summed E-state index contributed by atoms with van der Waals surface area (Å²) in [5.74, 6) is 0. The highest BCUT2D eigenvalue weighted by Gasteiger charge is 2.33. The molecule has 2 nitrogen and oxygen atoms in total. The molecule has 1 aliphatic heterocycles. The number of hydrogen-bond donors (Lipinski definition) is 1. The molecular formula is C19H22N2. The van der Waals surface area contributed by atoms with E-state index in [1.165, 1.54) is 48.2 Å². The smallest absolute Gasteiger partial charge is 0.0397 e. The molecule has 0 spiro atoms. The summed E-state index contributed by atoms with van der Waals surface area (Å²) in [6.45, 7) is 4.67. The van der Waals surface area contributed by atoms with E-state index in [-0.39, 0.29) is 0 Å². The van der Waals surface area contributed by atoms with Crippen molar-refractivity contribution in [3.63, 3.8) is 0 Å². The zero-order chi connectivity index (χ0) is 14.4. The first kappa shape index (κ1) is 12.9. The second kappa shape index (κ2) is 4.88. The molecular weight excluding hydrogens is 256 g/mol. The number of nitrogens with zero attached hydrogens (tertiary/aromatic N) is 1. The lowest BCUT2D eigenvalue weighted by Gasteiger charge is -2.41. The third kappa shape index (κ3) is 1.97. The van der Waals surface area contributed by atoms with Gasteiger partial charge in [0.15, 0.2) is 0 Å². The van der Waals surface area contributed by atoms with Crippen molar-refractivity contribution in [2.75, 3.05) is 18.8 Å². The lowest BCUT2D eigenvalue weighted by atomic mass is 9.77. The van der Waals surface area contributed by atoms with E-state index in [0.717, 1.165) is 12.1 Å². The van der Waals surface area contributed by atoms with Crippen LogP contribution in [-0.2, 0) is 12.8 Å². The standard InChI is InChI=1S/C19H22N2/c1-2-9-21-10-8-13-4-3-5-16-17-12-15(20)7-6-14(17)11-18(21)19(13)16/h3-7,12,18H,2,8-11,20H2,1H3. The zero-order valence-corrected chi connectivity index (χ0v) is 12.6. The first-order valence-corrected chi connectivity index (χ1v) is 8.02. The molecule has 2 N–H and O–H groups in total. The van der Waals surface area contributed by atoms with Gasteiger partial charge >= 0.3 is 0 Å². The van der Waals surface area contributed by atoms with Crippen molar-refractivity contribution < 1.29 is 0 Å². The van der Waals surface area contributed by atoms with Crippen molar-refractivity contribution in [2.45, 2.75) is 32.2 Å². The van der Waals surface area contributed by atoms with Gasteiger partial charge in [0.25, 0.3) is 0 Å². The Morgan fingerprint density at radius 3 is 2.90 bits per heavy atom. The summed E-state index contributed by atoms with van der Waals surface area (Å²) in [6.07, 6.45) is 3.53. The van der Waals surface area contributed by atoms with E-state index < -0.39 is 0 Å². The fourth-order valence-electron chi connectivity index (χ4n) is 4.08. The topological polar surface area (TPSA) is 29.3 Å². The van der Waals surface area contributed by atoms with Gasteiger partial charge in [0.05, 0.1) is 0 Å². The van der Waals surface area contributed by atoms with Crippen molar-refractivity contribution in [2.24, 2.45) is 0 Å². The van der Waals surface area contributed by atoms with Gasteiger partial charge in [0.1, 0.15) is 0 Å². The molecule has 2 aliphatic rings. The van der Waals surface area contributed by atoms with Gasteiger partial charge in [0.2, 0.25) is 0 Å². The van der Waals surface area contributed by atoms with E-state index in [4.69, 9.17) is 5.73 Å². The van der Waals surface area contributed by atoms with Gasteiger partial charge in [-0.25, -0.2) is 0 Å². The molecule has 1 aliphatic carbocycles. The Bertz CT molecular complexity index is 690. The van der Waals surface area contributed by atoms with Crippen molar-refractivity contribution in [3.05, 3.63) is 53.1 Å². The normalized spacial score (nSPS) is 20.0. The second-order valence-electron chi connectivity index (χ2n) is 6.30. The molecule has 0 bridgehead atoms. The van der Waals surface area contributed by atoms with Crippen LogP contribution in [0, 0.1) is 0 Å². The summed E-state index contributed by atoms with van der Waals surface area (Å²) in [5, 5.41) is 0. The number of anilines is 1. The molecule has 0 saturated heterocycles. The molecule has 0 radical (unpaired) electrons. The minimum absolute atomic E-state index is 0.557. The number of rotatable bonds is 2. The van der Waals surface area contributed by atoms with Crippen LogP contribution in [0.1, 0.15) is 36.1 Å². The molecule has 2 heteroatoms. The monoisotopic (exact) mass is 278 g/mol. The van der Waals surface area contributed by atoms with E-state index in [0.29, 0.717) is 6.04 Å². The van der Waals surface area contributed by atoms with Gasteiger partial charge in [-0.15, -0.1) is 0 Å². The Balaban J connectivity index is 1.91. The second-order valence-corrected chi connectivity index (χ2v) is 6.30. The Labute approximate surface area is 126 Å². The number of nitrogens with two attached hydrogens (primary N) is 1. The van der Waals surface area contributed by atoms with Crippen LogP contribution in [0.4, 0.5) is 5.69 Å². The highest BCUT2D eigenvalue weighted by Crippen LogP contribution is 2.45. The summed E-state index contributed by atoms with van der Waals surface area (Å²) >= 11 is 0. The van der Waals surface area contributed by atoms with Crippen molar-refractivity contribution in [3.8, 4) is 11.1 Å². The average Bonchev–Trinajstić information content (AvgIpc) is 2.51. The van der Waals surface area contributed by atoms with Crippen molar-refractivity contribution >= 4 is 5.69 Å². The first-order chi connectivity index (χ1) is 10.3. The molecule has 108 valence electrons. The van der Waals surface area contributed by atoms with Crippen LogP contribution < -0.4 is 5.73 Å². The van der Waals surface area contributed by atoms with E-state index >= 15 is 0 Å². The van der Waals surface area contributed by atoms with Gasteiger partial charge in [-0.2, -0.15) is 0 Å². The summed E-state index contributed by atoms with van der Waals surface area (Å²) in [6, 6.07) is 13.8. The van der Waals surface area contributed by atoms with Crippen LogP contribution in [0.2, 0.25) is 0 Å². The van der Waals surface area contributed by atoms with Crippen molar-refractivity contribution in [1.82, 2.24) is 4.90 Å². The van der Waals surface area contributed by atoms with Gasteiger partial charge in [0, 0.05) is 18.3 Å². The van der Waals surface area contributed by atoms with Crippen LogP contribution in [0.3, 0.4) is 0 Å². The maximum absolute atomic E-state index is 6.02. The number of benzene rings is 2. The predicted octanol–water partition coefficient (Wildman–Crippen LogP) is 3.80. The lowest BCUT2D eigenvalue weighted by molar-refractivity contribution is 0.183. The van der Waals surface area contributed by atoms with E-state index in [1.54, 1.807) is 5.56 Å². The quantitative estimate of drug-likeness (QED) is 0.847. The molecule has 0 aromatic heterocycles. The summed E-state index contributed by atoms with van der Waals surface area (Å²) in [4.78, 5) is 2.67. The Hall–Kier alpha value is -1.80. The fourth-order valence-corrected chi connectivity index (χ4v) is 4.08. The molecule has 2 aromatic carbocycles. The minimum atomic E-state index is 0.557. The van der Waals surface area contributed by atoms with Crippen molar-refractivity contribution in [1.29, 1.82) is 0 Å². The Morgan fingerprint density at radius 1 is 1.14 bits per heavy atom. The minimum Gasteiger partial charge on any atom is -0.399 e. The molecule has 4 rings (SSSR count). The summed E-state index contributed by atoms with van der Waals surface area (Å²) in [7, 11) is 0. The summed E-state index contributed by atoms with van der Waals surface area (Å²) < 4.78 is 0. The third-order valence-electron chi connectivity index (χ3n) is 4.99. The largest absolute Gasteiger partial charge is 0.399 e. The van der Waals surface area contributed by atoms with Crippen LogP contribution in [0.5, 0.6) is 0 Å².